The van der Waals surface area contributed by atoms with E-state index < -0.39 is 0 Å². The van der Waals surface area contributed by atoms with Crippen LogP contribution in [0.1, 0.15) is 15.9 Å². The first-order valence-electron chi connectivity index (χ1n) is 6.06. The smallest absolute Gasteiger partial charge is 0.200 e. The summed E-state index contributed by atoms with van der Waals surface area (Å²) in [6, 6.07) is 13.6. The Labute approximate surface area is 135 Å². The number of carbonyl (C=O) groups excluding carboxylic acids is 1. The van der Waals surface area contributed by atoms with Gasteiger partial charge in [-0.2, -0.15) is 0 Å². The third kappa shape index (κ3) is 2.50. The van der Waals surface area contributed by atoms with E-state index in [1.807, 2.05) is 48.5 Å². The standard InChI is InChI=1S/C16H11IO2S/c1-19-13-7-6-10(8-12(13)17)9-15-16(18)11-4-2-3-5-14(11)20-15/h2-9H,1H3. The molecule has 0 saturated carbocycles. The second kappa shape index (κ2) is 5.61. The lowest BCUT2D eigenvalue weighted by molar-refractivity contribution is 0.104. The van der Waals surface area contributed by atoms with Crippen molar-refractivity contribution in [3.8, 4) is 5.75 Å². The first kappa shape index (κ1) is 13.7. The van der Waals surface area contributed by atoms with Crippen LogP contribution < -0.4 is 4.74 Å². The summed E-state index contributed by atoms with van der Waals surface area (Å²) in [6.07, 6.45) is 1.94. The maximum atomic E-state index is 12.3. The molecule has 1 aliphatic heterocycles. The molecular formula is C16H11IO2S. The minimum atomic E-state index is 0.108. The fourth-order valence-electron chi connectivity index (χ4n) is 2.06. The average Bonchev–Trinajstić information content (AvgIpc) is 2.76. The van der Waals surface area contributed by atoms with Gasteiger partial charge in [0.05, 0.1) is 15.6 Å². The highest BCUT2D eigenvalue weighted by Gasteiger charge is 2.25. The van der Waals surface area contributed by atoms with Crippen molar-refractivity contribution in [2.24, 2.45) is 0 Å². The molecule has 0 radical (unpaired) electrons. The molecule has 1 aliphatic rings. The van der Waals surface area contributed by atoms with Crippen molar-refractivity contribution >= 4 is 46.2 Å². The van der Waals surface area contributed by atoms with Crippen LogP contribution in [0, 0.1) is 3.57 Å². The Morgan fingerprint density at radius 3 is 2.70 bits per heavy atom. The summed E-state index contributed by atoms with van der Waals surface area (Å²) in [5.41, 5.74) is 1.81. The summed E-state index contributed by atoms with van der Waals surface area (Å²) in [5.74, 6) is 0.956. The van der Waals surface area contributed by atoms with E-state index in [1.165, 1.54) is 11.8 Å². The summed E-state index contributed by atoms with van der Waals surface area (Å²) in [6.45, 7) is 0. The molecule has 2 nitrogen and oxygen atoms in total. The molecule has 0 saturated heterocycles. The number of halogens is 1. The van der Waals surface area contributed by atoms with Gasteiger partial charge in [-0.1, -0.05) is 30.0 Å². The van der Waals surface area contributed by atoms with E-state index in [4.69, 9.17) is 4.74 Å². The van der Waals surface area contributed by atoms with E-state index in [0.29, 0.717) is 0 Å². The molecule has 2 aromatic carbocycles. The van der Waals surface area contributed by atoms with Crippen LogP contribution >= 0.6 is 34.4 Å². The molecule has 1 heterocycles. The van der Waals surface area contributed by atoms with Gasteiger partial charge in [-0.3, -0.25) is 4.79 Å². The van der Waals surface area contributed by atoms with E-state index in [-0.39, 0.29) is 5.78 Å². The second-order valence-electron chi connectivity index (χ2n) is 4.33. The zero-order valence-electron chi connectivity index (χ0n) is 10.7. The predicted octanol–water partition coefficient (Wildman–Crippen LogP) is 4.63. The fraction of sp³-hybridized carbons (Fsp3) is 0.0625. The van der Waals surface area contributed by atoms with Crippen LogP contribution in [-0.2, 0) is 0 Å². The van der Waals surface area contributed by atoms with Crippen molar-refractivity contribution in [3.63, 3.8) is 0 Å². The summed E-state index contributed by atoms with van der Waals surface area (Å²) in [5, 5.41) is 0. The lowest BCUT2D eigenvalue weighted by atomic mass is 10.1. The van der Waals surface area contributed by atoms with Crippen molar-refractivity contribution in [1.29, 1.82) is 0 Å². The van der Waals surface area contributed by atoms with Crippen LogP contribution in [0.15, 0.2) is 52.3 Å². The molecule has 0 aliphatic carbocycles. The summed E-state index contributed by atoms with van der Waals surface area (Å²) in [7, 11) is 1.66. The van der Waals surface area contributed by atoms with E-state index in [2.05, 4.69) is 22.6 Å². The van der Waals surface area contributed by atoms with Gasteiger partial charge in [0.1, 0.15) is 5.75 Å². The number of methoxy groups -OCH3 is 1. The Kier molecular flexibility index (Phi) is 3.85. The molecule has 0 unspecified atom stereocenters. The maximum Gasteiger partial charge on any atom is 0.200 e. The van der Waals surface area contributed by atoms with Gasteiger partial charge < -0.3 is 4.74 Å². The van der Waals surface area contributed by atoms with Crippen molar-refractivity contribution in [2.45, 2.75) is 4.90 Å². The molecule has 2 aromatic rings. The van der Waals surface area contributed by atoms with Crippen molar-refractivity contribution in [2.75, 3.05) is 7.11 Å². The van der Waals surface area contributed by atoms with Gasteiger partial charge in [0.25, 0.3) is 0 Å². The van der Waals surface area contributed by atoms with E-state index in [0.717, 1.165) is 30.2 Å². The van der Waals surface area contributed by atoms with Crippen molar-refractivity contribution in [1.82, 2.24) is 0 Å². The Hall–Kier alpha value is -1.27. The van der Waals surface area contributed by atoms with Crippen molar-refractivity contribution in [3.05, 3.63) is 62.1 Å². The monoisotopic (exact) mass is 394 g/mol. The molecule has 0 atom stereocenters. The van der Waals surface area contributed by atoms with E-state index in [1.54, 1.807) is 7.11 Å². The Bertz CT molecular complexity index is 722. The van der Waals surface area contributed by atoms with Gasteiger partial charge in [0.15, 0.2) is 0 Å². The molecule has 0 amide bonds. The Morgan fingerprint density at radius 2 is 2.00 bits per heavy atom. The van der Waals surface area contributed by atoms with Crippen molar-refractivity contribution < 1.29 is 9.53 Å². The first-order valence-corrected chi connectivity index (χ1v) is 7.95. The summed E-state index contributed by atoms with van der Waals surface area (Å²) < 4.78 is 6.28. The normalized spacial score (nSPS) is 15.5. The van der Waals surface area contributed by atoms with Gasteiger partial charge in [0.2, 0.25) is 5.78 Å². The highest BCUT2D eigenvalue weighted by molar-refractivity contribution is 14.1. The van der Waals surface area contributed by atoms with Gasteiger partial charge >= 0.3 is 0 Å². The highest BCUT2D eigenvalue weighted by Crippen LogP contribution is 2.40. The van der Waals surface area contributed by atoms with Gasteiger partial charge in [-0.15, -0.1) is 0 Å². The summed E-state index contributed by atoms with van der Waals surface area (Å²) >= 11 is 3.76. The van der Waals surface area contributed by atoms with Crippen LogP contribution in [0.2, 0.25) is 0 Å². The molecule has 100 valence electrons. The minimum absolute atomic E-state index is 0.108. The predicted molar refractivity (Wildman–Crippen MR) is 90.3 cm³/mol. The largest absolute Gasteiger partial charge is 0.496 e. The molecule has 0 spiro atoms. The average molecular weight is 394 g/mol. The number of ether oxygens (including phenoxy) is 1. The number of ketones is 1. The van der Waals surface area contributed by atoms with Crippen LogP contribution in [0.25, 0.3) is 6.08 Å². The van der Waals surface area contributed by atoms with Crippen LogP contribution in [0.5, 0.6) is 5.75 Å². The number of hydrogen-bond donors (Lipinski definition) is 0. The maximum absolute atomic E-state index is 12.3. The summed E-state index contributed by atoms with van der Waals surface area (Å²) in [4.78, 5) is 14.1. The first-order chi connectivity index (χ1) is 9.69. The van der Waals surface area contributed by atoms with Gasteiger partial charge in [-0.25, -0.2) is 0 Å². The number of rotatable bonds is 2. The molecule has 0 N–H and O–H groups in total. The number of benzene rings is 2. The Balaban J connectivity index is 1.95. The lowest BCUT2D eigenvalue weighted by Gasteiger charge is -2.04. The highest BCUT2D eigenvalue weighted by atomic mass is 127. The van der Waals surface area contributed by atoms with E-state index in [9.17, 15) is 4.79 Å². The molecule has 0 fully saturated rings. The molecular weight excluding hydrogens is 383 g/mol. The number of fused-ring (bicyclic) bond motifs is 1. The third-order valence-electron chi connectivity index (χ3n) is 3.05. The fourth-order valence-corrected chi connectivity index (χ4v) is 3.87. The lowest BCUT2D eigenvalue weighted by Crippen LogP contribution is -1.94. The van der Waals surface area contributed by atoms with Crippen LogP contribution in [0.3, 0.4) is 0 Å². The number of hydrogen-bond acceptors (Lipinski definition) is 3. The number of Topliss-reactive ketones (excluding diaryl/α,β-unsaturated/α-hetero) is 1. The quantitative estimate of drug-likeness (QED) is 0.549. The van der Waals surface area contributed by atoms with Crippen LogP contribution in [-0.4, -0.2) is 12.9 Å². The third-order valence-corrected chi connectivity index (χ3v) is 4.99. The Morgan fingerprint density at radius 1 is 1.20 bits per heavy atom. The zero-order valence-corrected chi connectivity index (χ0v) is 13.7. The van der Waals surface area contributed by atoms with Crippen LogP contribution in [0.4, 0.5) is 0 Å². The van der Waals surface area contributed by atoms with E-state index >= 15 is 0 Å². The molecule has 0 bridgehead atoms. The SMILES string of the molecule is COc1ccc(C=C2Sc3ccccc3C2=O)cc1I. The molecule has 0 aromatic heterocycles. The number of allylic oxidation sites excluding steroid dienone is 1. The molecule has 20 heavy (non-hydrogen) atoms. The zero-order chi connectivity index (χ0) is 14.1. The minimum Gasteiger partial charge on any atom is -0.496 e. The molecule has 3 rings (SSSR count). The second-order valence-corrected chi connectivity index (χ2v) is 6.58. The van der Waals surface area contributed by atoms with Gasteiger partial charge in [-0.05, 0) is 58.5 Å². The topological polar surface area (TPSA) is 26.3 Å². The number of carbonyl (C=O) groups is 1. The van der Waals surface area contributed by atoms with Gasteiger partial charge in [0, 0.05) is 10.5 Å². The molecule has 4 heteroatoms. The number of thioether (sulfide) groups is 1.